The Morgan fingerprint density at radius 3 is 1.30 bits per heavy atom. The molecular weight excluding hydrogens is 1530 g/mol. The van der Waals surface area contributed by atoms with Gasteiger partial charge in [0, 0.05) is 48.6 Å². The van der Waals surface area contributed by atoms with Crippen molar-refractivity contribution in [3.8, 4) is 51.7 Å². The molecule has 0 atom stereocenters. The number of nitrogens with one attached hydrogen (secondary N) is 5. The molecule has 2 heterocycles. The zero-order chi connectivity index (χ0) is 71.2. The minimum atomic E-state index is -4.41. The van der Waals surface area contributed by atoms with E-state index in [1.807, 2.05) is 0 Å². The third-order valence-electron chi connectivity index (χ3n) is 13.6. The Labute approximate surface area is 585 Å². The van der Waals surface area contributed by atoms with Gasteiger partial charge in [-0.15, -0.1) is 0 Å². The molecule has 3 radical (unpaired) electrons. The summed E-state index contributed by atoms with van der Waals surface area (Å²) < 4.78 is 192. The number of sulfonamides is 2. The van der Waals surface area contributed by atoms with E-state index in [1.54, 1.807) is 82.8 Å². The van der Waals surface area contributed by atoms with E-state index in [1.165, 1.54) is 37.4 Å². The van der Waals surface area contributed by atoms with E-state index >= 15 is 0 Å². The SMILES string of the molecule is COc1ccc(COc2ccc(Oc3c(Cl)cc(-n4nc(C(F)F)c(=O)[nH]c4=O)cc3Cl)cc2S(=O)(=O)NC2(CS(C)(=O)=O)CC2)cc1.COc1ccc(COc2ccc(Oc3c(Cl)cc(Br)cc3Cl)cc2S(=O)(=O)NC2(CS(C)(=O)=O)CC2)cc1.O=c1[nH]nc(C(F)F)c(=O)[nH]1.[B]. The van der Waals surface area contributed by atoms with Crippen LogP contribution in [0.2, 0.25) is 20.1 Å². The number of rotatable bonds is 25. The number of aromatic amines is 3. The predicted molar refractivity (Wildman–Crippen MR) is 357 cm³/mol. The fourth-order valence-corrected chi connectivity index (χ4v) is 16.9. The topological polar surface area (TPSA) is 362 Å². The molecule has 2 saturated carbocycles. The van der Waals surface area contributed by atoms with Crippen LogP contribution in [0.5, 0.6) is 46.0 Å². The van der Waals surface area contributed by atoms with E-state index in [0.717, 1.165) is 36.3 Å². The summed E-state index contributed by atoms with van der Waals surface area (Å²) in [6, 6.07) is 27.5. The summed E-state index contributed by atoms with van der Waals surface area (Å²) in [6.07, 6.45) is -2.75. The number of H-pyrrole nitrogens is 3. The van der Waals surface area contributed by atoms with Gasteiger partial charge in [-0.2, -0.15) is 14.9 Å². The minimum Gasteiger partial charge on any atom is -0.497 e. The summed E-state index contributed by atoms with van der Waals surface area (Å²) >= 11 is 28.6. The van der Waals surface area contributed by atoms with E-state index in [-0.39, 0.29) is 97.4 Å². The maximum absolute atomic E-state index is 13.7. The standard InChI is InChI=1S/C29H26Cl2F2N4O9S2.C25H24BrCl2NO7S2.C4H3F2N3O2.B/c1-44-18-5-3-16(4-6-18)14-45-22-8-7-19(13-23(22)48(42,43)36-29(9-10-29)15-47(2,40)41)46-25-20(30)11-17(12-21(25)31)37-28(39)34-27(38)24(35-37)26(32)33;1-34-18-5-3-16(4-6-18)14-35-22-8-7-19(36-24-20(27)11-17(26)12-21(24)28)13-23(22)38(32,33)29-25(9-10-25)15-37(2,30)31;5-2(6)1-3(10)7-4(11)9-8-1;/h3-8,11-13,26,36H,9-10,14-15H2,1-2H3,(H,34,38,39);3-8,11-13,29H,9-10,14-15H2,1-2H3;2H,(H2,7,9,10,11);. The number of benzene rings is 6. The molecule has 2 fully saturated rings. The van der Waals surface area contributed by atoms with Gasteiger partial charge in [-0.1, -0.05) is 86.6 Å². The van der Waals surface area contributed by atoms with E-state index in [4.69, 9.17) is 74.8 Å². The van der Waals surface area contributed by atoms with Crippen LogP contribution in [0.15, 0.2) is 143 Å². The molecule has 0 unspecified atom stereocenters. The number of methoxy groups -OCH3 is 2. The number of aromatic nitrogens is 6. The van der Waals surface area contributed by atoms with Crippen molar-refractivity contribution in [1.29, 1.82) is 0 Å². The molecule has 0 aliphatic heterocycles. The first-order valence-corrected chi connectivity index (χ1v) is 37.0. The Morgan fingerprint density at radius 2 is 0.939 bits per heavy atom. The van der Waals surface area contributed by atoms with Crippen LogP contribution in [-0.4, -0.2) is 121 Å². The Morgan fingerprint density at radius 1 is 0.561 bits per heavy atom. The molecule has 0 saturated heterocycles. The van der Waals surface area contributed by atoms with Crippen LogP contribution >= 0.6 is 62.3 Å². The number of halogens is 9. The van der Waals surface area contributed by atoms with E-state index in [2.05, 4.69) is 35.6 Å². The van der Waals surface area contributed by atoms with Gasteiger partial charge < -0.3 is 28.4 Å². The molecule has 6 aromatic carbocycles. The molecule has 0 spiro atoms. The Balaban J connectivity index is 0.000000240. The average molecular weight is 1590 g/mol. The molecule has 98 heavy (non-hydrogen) atoms. The van der Waals surface area contributed by atoms with E-state index in [0.29, 0.717) is 51.9 Å². The molecule has 26 nitrogen and oxygen atoms in total. The van der Waals surface area contributed by atoms with Crippen molar-refractivity contribution in [2.45, 2.75) is 72.6 Å². The third kappa shape index (κ3) is 21.0. The summed E-state index contributed by atoms with van der Waals surface area (Å²) in [6.45, 7) is 0.0390. The lowest BCUT2D eigenvalue weighted by Gasteiger charge is -2.19. The van der Waals surface area contributed by atoms with Gasteiger partial charge in [-0.25, -0.2) is 75.4 Å². The Kier molecular flexibility index (Phi) is 25.2. The normalized spacial score (nSPS) is 13.8. The van der Waals surface area contributed by atoms with Gasteiger partial charge in [0.2, 0.25) is 20.0 Å². The van der Waals surface area contributed by atoms with Crippen molar-refractivity contribution in [2.24, 2.45) is 0 Å². The van der Waals surface area contributed by atoms with Crippen LogP contribution in [0.4, 0.5) is 17.6 Å². The number of sulfone groups is 2. The molecule has 5 N–H and O–H groups in total. The highest BCUT2D eigenvalue weighted by atomic mass is 79.9. The summed E-state index contributed by atoms with van der Waals surface area (Å²) in [4.78, 5) is 47.5. The molecule has 10 rings (SSSR count). The van der Waals surface area contributed by atoms with Gasteiger partial charge in [0.05, 0.1) is 51.5 Å². The van der Waals surface area contributed by atoms with Gasteiger partial charge in [0.1, 0.15) is 77.2 Å². The highest BCUT2D eigenvalue weighted by Gasteiger charge is 2.50. The first kappa shape index (κ1) is 77.8. The summed E-state index contributed by atoms with van der Waals surface area (Å²) in [5.74, 6) is 0.561. The van der Waals surface area contributed by atoms with Crippen LogP contribution in [0.3, 0.4) is 0 Å². The summed E-state index contributed by atoms with van der Waals surface area (Å²) in [5, 5.41) is 7.91. The molecule has 0 bridgehead atoms. The van der Waals surface area contributed by atoms with Crippen molar-refractivity contribution in [3.63, 3.8) is 0 Å². The van der Waals surface area contributed by atoms with Gasteiger partial charge in [0.15, 0.2) is 22.9 Å². The third-order valence-corrected chi connectivity index (χ3v) is 20.6. The molecule has 0 amide bonds. The maximum Gasteiger partial charge on any atom is 0.349 e. The lowest BCUT2D eigenvalue weighted by atomic mass is 10.2. The lowest BCUT2D eigenvalue weighted by molar-refractivity contribution is 0.141. The second-order valence-corrected chi connectivity index (χ2v) is 31.7. The summed E-state index contributed by atoms with van der Waals surface area (Å²) in [7, 11) is -12.5. The number of hydrogen-bond acceptors (Lipinski definition) is 20. The Hall–Kier alpha value is -7.52. The van der Waals surface area contributed by atoms with Crippen LogP contribution in [0, 0.1) is 0 Å². The van der Waals surface area contributed by atoms with Crippen molar-refractivity contribution in [2.75, 3.05) is 38.2 Å². The fraction of sp³-hybridized carbons (Fsp3) is 0.276. The van der Waals surface area contributed by atoms with Crippen molar-refractivity contribution >= 4 is 110 Å². The van der Waals surface area contributed by atoms with Gasteiger partial charge >= 0.3 is 11.4 Å². The molecule has 2 aliphatic carbocycles. The lowest BCUT2D eigenvalue weighted by Crippen LogP contribution is -2.41. The highest BCUT2D eigenvalue weighted by Crippen LogP contribution is 2.45. The Bertz CT molecular complexity index is 4960. The van der Waals surface area contributed by atoms with Crippen LogP contribution in [0.25, 0.3) is 5.69 Å². The zero-order valence-corrected chi connectivity index (χ0v) is 58.9. The van der Waals surface area contributed by atoms with Crippen molar-refractivity contribution in [1.82, 2.24) is 39.4 Å². The predicted octanol–water partition coefficient (Wildman–Crippen LogP) is 9.41. The van der Waals surface area contributed by atoms with Crippen molar-refractivity contribution in [3.05, 3.63) is 198 Å². The quantitative estimate of drug-likeness (QED) is 0.0262. The first-order chi connectivity index (χ1) is 45.4. The largest absolute Gasteiger partial charge is 0.497 e. The minimum absolute atomic E-state index is 0. The van der Waals surface area contributed by atoms with E-state index < -0.39 is 103 Å². The molecule has 40 heteroatoms. The fourth-order valence-electron chi connectivity index (χ4n) is 8.93. The number of nitrogens with zero attached hydrogens (tertiary/aromatic N) is 3. The smallest absolute Gasteiger partial charge is 0.349 e. The van der Waals surface area contributed by atoms with Gasteiger partial charge in [0.25, 0.3) is 24.0 Å². The number of hydrogen-bond donors (Lipinski definition) is 5. The number of ether oxygens (including phenoxy) is 6. The average Bonchev–Trinajstić information content (AvgIpc) is 1.70. The van der Waals surface area contributed by atoms with Gasteiger partial charge in [-0.05, 0) is 110 Å². The van der Waals surface area contributed by atoms with Crippen LogP contribution < -0.4 is 60.4 Å². The first-order valence-electron chi connectivity index (χ1n) is 27.6. The highest BCUT2D eigenvalue weighted by molar-refractivity contribution is 9.10. The van der Waals surface area contributed by atoms with E-state index in [9.17, 15) is 70.4 Å². The van der Waals surface area contributed by atoms with Crippen LogP contribution in [-0.2, 0) is 52.9 Å². The zero-order valence-electron chi connectivity index (χ0n) is 51.0. The number of alkyl halides is 4. The second-order valence-electron chi connectivity index (χ2n) is 21.6. The second kappa shape index (κ2) is 31.8. The molecule has 8 aromatic rings. The molecule has 2 aliphatic rings. The van der Waals surface area contributed by atoms with Crippen molar-refractivity contribution < 1.29 is 79.7 Å². The maximum atomic E-state index is 13.7. The molecular formula is C58H53BBrCl4F4N8O18S4. The molecule has 523 valence electrons. The monoisotopic (exact) mass is 1580 g/mol. The van der Waals surface area contributed by atoms with Crippen LogP contribution in [0.1, 0.15) is 61.0 Å². The van der Waals surface area contributed by atoms with Gasteiger partial charge in [-0.3, -0.25) is 19.6 Å². The molecule has 2 aromatic heterocycles. The summed E-state index contributed by atoms with van der Waals surface area (Å²) in [5.41, 5.74) is -7.70.